The number of phenols is 1. The molecule has 1 spiro atoms. The van der Waals surface area contributed by atoms with Gasteiger partial charge in [0.15, 0.2) is 17.8 Å². The molecular weight excluding hydrogens is 638 g/mol. The number of benzene rings is 2. The number of nitrogen functional groups attached to an aromatic ring is 1. The van der Waals surface area contributed by atoms with Gasteiger partial charge in [-0.1, -0.05) is 51.1 Å². The highest BCUT2D eigenvalue weighted by Gasteiger charge is 2.48. The van der Waals surface area contributed by atoms with Crippen molar-refractivity contribution in [3.63, 3.8) is 0 Å². The lowest BCUT2D eigenvalue weighted by Gasteiger charge is -2.48. The summed E-state index contributed by atoms with van der Waals surface area (Å²) in [6, 6.07) is 20.8. The van der Waals surface area contributed by atoms with Crippen LogP contribution in [0.4, 0.5) is 5.82 Å². The fraction of sp³-hybridized carbons (Fsp3) is 0.293. The van der Waals surface area contributed by atoms with Gasteiger partial charge in [-0.3, -0.25) is 19.1 Å². The van der Waals surface area contributed by atoms with E-state index in [1.165, 1.54) is 17.7 Å². The van der Waals surface area contributed by atoms with Crippen LogP contribution in [0.2, 0.25) is 0 Å². The van der Waals surface area contributed by atoms with Gasteiger partial charge >= 0.3 is 0 Å². The second-order valence-electron chi connectivity index (χ2n) is 13.0. The van der Waals surface area contributed by atoms with E-state index in [2.05, 4.69) is 63.9 Å². The molecule has 3 N–H and O–H groups in total. The largest absolute Gasteiger partial charge is 0.507 e. The highest BCUT2D eigenvalue weighted by atomic mass is 16.3. The van der Waals surface area contributed by atoms with Crippen LogP contribution >= 0.6 is 0 Å². The van der Waals surface area contributed by atoms with E-state index in [0.29, 0.717) is 36.6 Å². The summed E-state index contributed by atoms with van der Waals surface area (Å²) in [6.45, 7) is 12.1. The number of carbonyl (C=O) groups excluding carboxylic acids is 2. The standard InChI is InChI=1S/C39H39N7O3.C2H6/c1-3-5-7-27(4-2)32-15-16-33-37(42-32)46(36(43-33)31-8-6-18-41-35(31)40)30-13-9-26(10-14-30)21-44-23-39(24-44)17-19-45(25-39)38(49)28-11-12-29(22-47)34(48)20-28;1-2/h4-16,18,20,22,48H,3,17,19,21,23-25H2,1-2H3,(H2,40,41);1-2H3/b7-5-,27-4+;. The van der Waals surface area contributed by atoms with Crippen molar-refractivity contribution < 1.29 is 14.7 Å². The average molecular weight is 684 g/mol. The van der Waals surface area contributed by atoms with Crippen LogP contribution in [0.3, 0.4) is 0 Å². The van der Waals surface area contributed by atoms with Gasteiger partial charge in [0.1, 0.15) is 17.1 Å². The third kappa shape index (κ3) is 7.05. The summed E-state index contributed by atoms with van der Waals surface area (Å²) < 4.78 is 2.06. The average Bonchev–Trinajstić information content (AvgIpc) is 3.76. The van der Waals surface area contributed by atoms with Crippen molar-refractivity contribution in [2.45, 2.75) is 47.1 Å². The van der Waals surface area contributed by atoms with Gasteiger partial charge in [0.05, 0.1) is 16.8 Å². The minimum Gasteiger partial charge on any atom is -0.507 e. The Morgan fingerprint density at radius 3 is 2.49 bits per heavy atom. The smallest absolute Gasteiger partial charge is 0.254 e. The molecule has 2 aromatic carbocycles. The molecule has 10 heteroatoms. The number of rotatable bonds is 9. The van der Waals surface area contributed by atoms with Crippen LogP contribution in [-0.2, 0) is 6.54 Å². The molecule has 0 atom stereocenters. The van der Waals surface area contributed by atoms with Gasteiger partial charge in [-0.25, -0.2) is 15.0 Å². The van der Waals surface area contributed by atoms with Gasteiger partial charge in [0, 0.05) is 55.6 Å². The lowest BCUT2D eigenvalue weighted by atomic mass is 9.79. The number of aromatic hydroxyl groups is 1. The Labute approximate surface area is 299 Å². The first-order valence-corrected chi connectivity index (χ1v) is 17.6. The van der Waals surface area contributed by atoms with Gasteiger partial charge in [0.2, 0.25) is 0 Å². The Kier molecular flexibility index (Phi) is 10.4. The molecule has 0 bridgehead atoms. The van der Waals surface area contributed by atoms with Gasteiger partial charge in [-0.15, -0.1) is 0 Å². The number of nitrogens with zero attached hydrogens (tertiary/aromatic N) is 6. The maximum Gasteiger partial charge on any atom is 0.254 e. The molecule has 0 radical (unpaired) electrons. The van der Waals surface area contributed by atoms with Gasteiger partial charge < -0.3 is 15.7 Å². The minimum atomic E-state index is -0.169. The number of hydrogen-bond donors (Lipinski definition) is 2. The Morgan fingerprint density at radius 2 is 1.80 bits per heavy atom. The van der Waals surface area contributed by atoms with Crippen molar-refractivity contribution in [2.24, 2.45) is 5.41 Å². The predicted octanol–water partition coefficient (Wildman–Crippen LogP) is 7.33. The van der Waals surface area contributed by atoms with E-state index in [0.717, 1.165) is 66.2 Å². The quantitative estimate of drug-likeness (QED) is 0.122. The zero-order valence-electron chi connectivity index (χ0n) is 29.7. The van der Waals surface area contributed by atoms with Crippen molar-refractivity contribution >= 4 is 34.7 Å². The second-order valence-corrected chi connectivity index (χ2v) is 13.0. The Bertz CT molecular complexity index is 2110. The van der Waals surface area contributed by atoms with E-state index >= 15 is 0 Å². The molecular formula is C41H45N7O3. The molecule has 0 saturated carbocycles. The fourth-order valence-corrected chi connectivity index (χ4v) is 7.07. The number of aromatic nitrogens is 4. The zero-order chi connectivity index (χ0) is 36.1. The maximum absolute atomic E-state index is 13.1. The summed E-state index contributed by atoms with van der Waals surface area (Å²) in [7, 11) is 0. The van der Waals surface area contributed by atoms with Crippen LogP contribution < -0.4 is 5.73 Å². The van der Waals surface area contributed by atoms with Gasteiger partial charge in [-0.05, 0) is 85.5 Å². The van der Waals surface area contributed by atoms with Crippen molar-refractivity contribution in [2.75, 3.05) is 31.9 Å². The SMILES string of the molecule is C/C=C(\C=C/CC)c1ccc2nc(-c3cccnc3N)n(-c3ccc(CN4CC5(CCN(C(=O)c6ccc(C=O)c(O)c6)C5)C4)cc3)c2n1.CC. The molecule has 2 aliphatic rings. The number of likely N-dealkylation sites (tertiary alicyclic amines) is 2. The molecule has 5 aromatic rings. The van der Waals surface area contributed by atoms with Crippen LogP contribution in [0.5, 0.6) is 5.75 Å². The number of allylic oxidation sites excluding steroid dienone is 4. The monoisotopic (exact) mass is 683 g/mol. The lowest BCUT2D eigenvalue weighted by Crippen LogP contribution is -2.57. The van der Waals surface area contributed by atoms with E-state index in [4.69, 9.17) is 15.7 Å². The molecule has 10 nitrogen and oxygen atoms in total. The second kappa shape index (κ2) is 15.1. The Morgan fingerprint density at radius 1 is 1.02 bits per heavy atom. The summed E-state index contributed by atoms with van der Waals surface area (Å²) in [5, 5.41) is 10.1. The number of nitrogens with two attached hydrogens (primary N) is 1. The molecule has 2 saturated heterocycles. The molecule has 0 unspecified atom stereocenters. The van der Waals surface area contributed by atoms with E-state index in [9.17, 15) is 14.7 Å². The van der Waals surface area contributed by atoms with Crippen LogP contribution in [0.1, 0.15) is 72.5 Å². The molecule has 5 heterocycles. The molecule has 1 amide bonds. The minimum absolute atomic E-state index is 0.0795. The highest BCUT2D eigenvalue weighted by Crippen LogP contribution is 2.41. The number of pyridine rings is 2. The summed E-state index contributed by atoms with van der Waals surface area (Å²) in [5.74, 6) is 0.810. The van der Waals surface area contributed by atoms with Crippen LogP contribution in [0, 0.1) is 5.41 Å². The Balaban J connectivity index is 0.00000220. The van der Waals surface area contributed by atoms with E-state index in [1.807, 2.05) is 49.9 Å². The molecule has 0 aliphatic carbocycles. The third-order valence-corrected chi connectivity index (χ3v) is 9.57. The predicted molar refractivity (Wildman–Crippen MR) is 203 cm³/mol. The number of amides is 1. The molecule has 7 rings (SSSR count). The number of anilines is 1. The molecule has 262 valence electrons. The normalized spacial score (nSPS) is 15.6. The number of carbonyl (C=O) groups is 2. The summed E-state index contributed by atoms with van der Waals surface area (Å²) >= 11 is 0. The highest BCUT2D eigenvalue weighted by molar-refractivity contribution is 5.96. The van der Waals surface area contributed by atoms with Crippen LogP contribution in [0.15, 0.2) is 91.2 Å². The number of phenolic OH excluding ortho intramolecular Hbond substituents is 1. The Hall–Kier alpha value is -5.61. The van der Waals surface area contributed by atoms with E-state index in [1.54, 1.807) is 12.3 Å². The number of imidazole rings is 1. The molecule has 2 fully saturated rings. The summed E-state index contributed by atoms with van der Waals surface area (Å²) in [4.78, 5) is 42.9. The molecule has 51 heavy (non-hydrogen) atoms. The van der Waals surface area contributed by atoms with Gasteiger partial charge in [0.25, 0.3) is 5.91 Å². The summed E-state index contributed by atoms with van der Waals surface area (Å²) in [5.41, 5.74) is 13.3. The first-order chi connectivity index (χ1) is 24.8. The molecule has 2 aliphatic heterocycles. The lowest BCUT2D eigenvalue weighted by molar-refractivity contribution is 0.00260. The number of fused-ring (bicyclic) bond motifs is 1. The van der Waals surface area contributed by atoms with Crippen molar-refractivity contribution in [3.8, 4) is 22.8 Å². The molecule has 3 aromatic heterocycles. The van der Waals surface area contributed by atoms with Crippen LogP contribution in [-0.4, -0.2) is 72.8 Å². The number of hydrogen-bond acceptors (Lipinski definition) is 8. The summed E-state index contributed by atoms with van der Waals surface area (Å²) in [6.07, 6.45) is 10.4. The van der Waals surface area contributed by atoms with Crippen LogP contribution in [0.25, 0.3) is 33.8 Å². The first kappa shape index (κ1) is 35.2. The zero-order valence-corrected chi connectivity index (χ0v) is 29.7. The number of aldehydes is 1. The first-order valence-electron chi connectivity index (χ1n) is 17.6. The van der Waals surface area contributed by atoms with Crippen molar-refractivity contribution in [3.05, 3.63) is 114 Å². The van der Waals surface area contributed by atoms with Crippen molar-refractivity contribution in [1.82, 2.24) is 29.3 Å². The van der Waals surface area contributed by atoms with E-state index < -0.39 is 0 Å². The van der Waals surface area contributed by atoms with Crippen molar-refractivity contribution in [1.29, 1.82) is 0 Å². The van der Waals surface area contributed by atoms with Gasteiger partial charge in [-0.2, -0.15) is 0 Å². The topological polar surface area (TPSA) is 130 Å². The fourth-order valence-electron chi connectivity index (χ4n) is 7.07. The maximum atomic E-state index is 13.1. The van der Waals surface area contributed by atoms with E-state index in [-0.39, 0.29) is 22.6 Å². The third-order valence-electron chi connectivity index (χ3n) is 9.57.